The van der Waals surface area contributed by atoms with E-state index in [2.05, 4.69) is 10.1 Å². The third kappa shape index (κ3) is 4.02. The molecular weight excluding hydrogens is 435 g/mol. The van der Waals surface area contributed by atoms with Crippen molar-refractivity contribution in [2.24, 2.45) is 0 Å². The number of ether oxygens (including phenoxy) is 1. The molecule has 0 unspecified atom stereocenters. The van der Waals surface area contributed by atoms with Gasteiger partial charge in [-0.1, -0.05) is 42.0 Å². The fraction of sp³-hybridized carbons (Fsp3) is 0.208. The van der Waals surface area contributed by atoms with Gasteiger partial charge in [-0.3, -0.25) is 9.89 Å². The van der Waals surface area contributed by atoms with Crippen LogP contribution in [0.5, 0.6) is 0 Å². The number of esters is 1. The predicted molar refractivity (Wildman–Crippen MR) is 117 cm³/mol. The van der Waals surface area contributed by atoms with E-state index in [4.69, 9.17) is 4.74 Å². The molecule has 4 aromatic rings. The molecule has 0 amide bonds. The third-order valence-electron chi connectivity index (χ3n) is 5.27. The normalized spacial score (nSPS) is 11.7. The molecule has 9 heteroatoms. The van der Waals surface area contributed by atoms with Gasteiger partial charge in [-0.2, -0.15) is 13.2 Å². The Kier molecular flexibility index (Phi) is 5.57. The molecule has 1 N–H and O–H groups in total. The number of aromatic amines is 1. The molecule has 170 valence electrons. The molecule has 0 aliphatic carbocycles. The summed E-state index contributed by atoms with van der Waals surface area (Å²) >= 11 is 0. The van der Waals surface area contributed by atoms with E-state index in [1.165, 1.54) is 12.1 Å². The van der Waals surface area contributed by atoms with Crippen molar-refractivity contribution in [2.45, 2.75) is 26.9 Å². The summed E-state index contributed by atoms with van der Waals surface area (Å²) < 4.78 is 45.3. The first-order valence-corrected chi connectivity index (χ1v) is 10.2. The van der Waals surface area contributed by atoms with Gasteiger partial charge in [0.15, 0.2) is 11.2 Å². The number of aryl methyl sites for hydroxylation is 2. The number of halogens is 3. The summed E-state index contributed by atoms with van der Waals surface area (Å²) in [7, 11) is 0. The average Bonchev–Trinajstić information content (AvgIpc) is 3.10. The van der Waals surface area contributed by atoms with Gasteiger partial charge in [0.25, 0.3) is 5.56 Å². The van der Waals surface area contributed by atoms with Gasteiger partial charge in [0.1, 0.15) is 0 Å². The summed E-state index contributed by atoms with van der Waals surface area (Å²) in [5.74, 6) is -0.900. The number of H-pyrrole nitrogens is 1. The zero-order valence-electron chi connectivity index (χ0n) is 18.1. The monoisotopic (exact) mass is 455 g/mol. The number of benzene rings is 2. The maximum atomic E-state index is 13.3. The van der Waals surface area contributed by atoms with E-state index in [0.717, 1.165) is 27.8 Å². The van der Waals surface area contributed by atoms with Crippen molar-refractivity contribution in [3.8, 4) is 22.4 Å². The predicted octanol–water partition coefficient (Wildman–Crippen LogP) is 5.17. The van der Waals surface area contributed by atoms with Gasteiger partial charge in [-0.25, -0.2) is 14.3 Å². The lowest BCUT2D eigenvalue weighted by Crippen LogP contribution is -2.26. The Bertz CT molecular complexity index is 1400. The van der Waals surface area contributed by atoms with E-state index in [-0.39, 0.29) is 29.1 Å². The van der Waals surface area contributed by atoms with Crippen molar-refractivity contribution in [1.82, 2.24) is 14.6 Å². The molecule has 0 aliphatic heterocycles. The van der Waals surface area contributed by atoms with Crippen LogP contribution in [0.2, 0.25) is 0 Å². The van der Waals surface area contributed by atoms with Crippen LogP contribution in [0.25, 0.3) is 28.0 Å². The maximum absolute atomic E-state index is 13.3. The second-order valence-electron chi connectivity index (χ2n) is 7.57. The highest BCUT2D eigenvalue weighted by Gasteiger charge is 2.31. The van der Waals surface area contributed by atoms with Gasteiger partial charge in [-0.15, -0.1) is 0 Å². The lowest BCUT2D eigenvalue weighted by Gasteiger charge is -2.11. The molecule has 0 spiro atoms. The van der Waals surface area contributed by atoms with Crippen molar-refractivity contribution >= 4 is 11.6 Å². The Hall–Kier alpha value is -3.88. The SMILES string of the molecule is CCOC(=O)c1c(-c2ccc(C(F)(F)F)cc2)nc2c(-c3ccc(C)cc3)c(C)[nH]n2c1=O. The van der Waals surface area contributed by atoms with Crippen LogP contribution in [0.15, 0.2) is 53.3 Å². The first-order chi connectivity index (χ1) is 15.6. The highest BCUT2D eigenvalue weighted by Crippen LogP contribution is 2.33. The second kappa shape index (κ2) is 8.23. The smallest absolute Gasteiger partial charge is 0.416 e. The number of carbonyl (C=O) groups excluding carboxylic acids is 1. The fourth-order valence-corrected chi connectivity index (χ4v) is 3.66. The molecule has 0 radical (unpaired) electrons. The molecule has 2 aromatic carbocycles. The molecule has 0 saturated carbocycles. The molecule has 6 nitrogen and oxygen atoms in total. The average molecular weight is 455 g/mol. The summed E-state index contributed by atoms with van der Waals surface area (Å²) in [6.45, 7) is 5.33. The maximum Gasteiger partial charge on any atom is 0.416 e. The summed E-state index contributed by atoms with van der Waals surface area (Å²) in [4.78, 5) is 30.6. The highest BCUT2D eigenvalue weighted by molar-refractivity contribution is 5.97. The lowest BCUT2D eigenvalue weighted by atomic mass is 10.0. The molecule has 33 heavy (non-hydrogen) atoms. The number of carbonyl (C=O) groups is 1. The number of nitrogens with one attached hydrogen (secondary N) is 1. The number of alkyl halides is 3. The highest BCUT2D eigenvalue weighted by atomic mass is 19.4. The quantitative estimate of drug-likeness (QED) is 0.431. The minimum Gasteiger partial charge on any atom is -0.462 e. The Morgan fingerprint density at radius 3 is 2.21 bits per heavy atom. The zero-order valence-corrected chi connectivity index (χ0v) is 18.1. The second-order valence-corrected chi connectivity index (χ2v) is 7.57. The van der Waals surface area contributed by atoms with Crippen LogP contribution in [0.3, 0.4) is 0 Å². The van der Waals surface area contributed by atoms with E-state index in [1.807, 2.05) is 31.2 Å². The Labute approximate surface area is 186 Å². The molecule has 0 atom stereocenters. The lowest BCUT2D eigenvalue weighted by molar-refractivity contribution is -0.137. The van der Waals surface area contributed by atoms with Crippen LogP contribution in [-0.2, 0) is 10.9 Å². The molecule has 0 saturated heterocycles. The van der Waals surface area contributed by atoms with Crippen LogP contribution in [0.1, 0.15) is 34.1 Å². The third-order valence-corrected chi connectivity index (χ3v) is 5.27. The van der Waals surface area contributed by atoms with Gasteiger partial charge in [0.05, 0.1) is 17.9 Å². The first-order valence-electron chi connectivity index (χ1n) is 10.2. The topological polar surface area (TPSA) is 76.5 Å². The van der Waals surface area contributed by atoms with E-state index in [9.17, 15) is 22.8 Å². The van der Waals surface area contributed by atoms with Crippen LogP contribution in [-0.4, -0.2) is 27.2 Å². The van der Waals surface area contributed by atoms with Crippen LogP contribution in [0.4, 0.5) is 13.2 Å². The summed E-state index contributed by atoms with van der Waals surface area (Å²) in [6, 6.07) is 11.8. The van der Waals surface area contributed by atoms with Crippen LogP contribution < -0.4 is 5.56 Å². The molecule has 0 aliphatic rings. The largest absolute Gasteiger partial charge is 0.462 e. The van der Waals surface area contributed by atoms with Crippen molar-refractivity contribution in [3.05, 3.63) is 81.3 Å². The van der Waals surface area contributed by atoms with Gasteiger partial charge in [-0.05, 0) is 38.5 Å². The number of nitrogens with zero attached hydrogens (tertiary/aromatic N) is 2. The van der Waals surface area contributed by atoms with Crippen molar-refractivity contribution in [1.29, 1.82) is 0 Å². The number of fused-ring (bicyclic) bond motifs is 1. The summed E-state index contributed by atoms with van der Waals surface area (Å²) in [6.07, 6.45) is -4.52. The number of hydrogen-bond acceptors (Lipinski definition) is 4. The van der Waals surface area contributed by atoms with Crippen molar-refractivity contribution in [3.63, 3.8) is 0 Å². The Morgan fingerprint density at radius 2 is 1.64 bits per heavy atom. The minimum absolute atomic E-state index is 0.0196. The molecular formula is C24H20F3N3O3. The molecule has 2 heterocycles. The van der Waals surface area contributed by atoms with E-state index in [0.29, 0.717) is 11.3 Å². The van der Waals surface area contributed by atoms with Gasteiger partial charge in [0, 0.05) is 16.8 Å². The van der Waals surface area contributed by atoms with E-state index >= 15 is 0 Å². The van der Waals surface area contributed by atoms with Crippen molar-refractivity contribution in [2.75, 3.05) is 6.61 Å². The minimum atomic E-state index is -4.52. The zero-order chi connectivity index (χ0) is 23.9. The Balaban J connectivity index is 2.02. The van der Waals surface area contributed by atoms with E-state index < -0.39 is 23.3 Å². The number of hydrogen-bond donors (Lipinski definition) is 1. The van der Waals surface area contributed by atoms with Crippen LogP contribution in [0, 0.1) is 13.8 Å². The fourth-order valence-electron chi connectivity index (χ4n) is 3.66. The van der Waals surface area contributed by atoms with Crippen molar-refractivity contribution < 1.29 is 22.7 Å². The van der Waals surface area contributed by atoms with Gasteiger partial charge >= 0.3 is 12.1 Å². The number of aromatic nitrogens is 3. The van der Waals surface area contributed by atoms with Crippen LogP contribution >= 0.6 is 0 Å². The number of rotatable bonds is 4. The standard InChI is InChI=1S/C24H20F3N3O3/c1-4-33-23(32)19-20(16-9-11-17(12-10-16)24(25,26)27)28-21-18(14(3)29-30(21)22(19)31)15-7-5-13(2)6-8-15/h5-12,29H,4H2,1-3H3. The molecule has 2 aromatic heterocycles. The first kappa shape index (κ1) is 22.3. The summed E-state index contributed by atoms with van der Waals surface area (Å²) in [5.41, 5.74) is 1.64. The van der Waals surface area contributed by atoms with Gasteiger partial charge in [0.2, 0.25) is 0 Å². The summed E-state index contributed by atoms with van der Waals surface area (Å²) in [5, 5.41) is 2.94. The molecule has 4 rings (SSSR count). The molecule has 0 bridgehead atoms. The Morgan fingerprint density at radius 1 is 1.03 bits per heavy atom. The van der Waals surface area contributed by atoms with E-state index in [1.54, 1.807) is 13.8 Å². The molecule has 0 fully saturated rings. The van der Waals surface area contributed by atoms with Gasteiger partial charge < -0.3 is 4.74 Å².